The molecule has 8 N–H and O–H groups in total. The molecule has 5 fully saturated rings. The summed E-state index contributed by atoms with van der Waals surface area (Å²) < 4.78 is 4.89. The van der Waals surface area contributed by atoms with E-state index in [0.29, 0.717) is 94.8 Å². The standard InChI is InChI=1S/C51H73N9O12/c1-30(4-13-43(63)54-33-7-5-31(6-8-33)22-35(52-26-44(64)65)27-57-16-18-58(28-45(66)67)20-21-59(19-17-57)29-46(68)69)36-9-10-37-47-38(25-42(62)51(36,37)3)50(2)15-14-34(23-32(50)24-41(47)61)53-39-11-12-40(60(70)71)49-48(39)55-72-56-49/h5-8,11-12,30,32,34-38,41-42,47,52-53,61-62H,4,9-10,13-29H2,1-3H3,(H,54,63)(H,64,65)(H,66,67)(H,68,69)/t30-,32+,34-,35?,36-,37+,38+,41-,42+,47+,50+,51-/m1/s1. The topological polar surface area (TPSA) is 297 Å². The van der Waals surface area contributed by atoms with Crippen molar-refractivity contribution in [3.05, 3.63) is 52.1 Å². The SMILES string of the molecule is C[C@H](CCC(=O)Nc1ccc(CC(CN2CCN(CC(=O)O)CCN(CC(=O)O)CC2)NCC(=O)O)cc1)[C@H]1CC[C@H]2[C@@H]3[C@H](O)C[C@@H]4C[C@H](Nc5ccc([N+](=O)[O-])c6nonc56)CC[C@]4(C)[C@H]3C[C@H](O)[C@]12C. The number of non-ortho nitro benzene ring substituents is 1. The van der Waals surface area contributed by atoms with Crippen LogP contribution in [0.1, 0.15) is 84.1 Å². The van der Waals surface area contributed by atoms with Gasteiger partial charge in [0.15, 0.2) is 5.52 Å². The number of nitrogens with one attached hydrogen (secondary N) is 3. The molecule has 1 aliphatic heterocycles. The summed E-state index contributed by atoms with van der Waals surface area (Å²) in [6.07, 6.45) is 6.15. The monoisotopic (exact) mass is 1000 g/mol. The number of nitro benzene ring substituents is 1. The van der Waals surface area contributed by atoms with Gasteiger partial charge >= 0.3 is 23.6 Å². The van der Waals surface area contributed by atoms with Crippen LogP contribution in [0.5, 0.6) is 0 Å². The van der Waals surface area contributed by atoms with Crippen LogP contribution in [-0.2, 0) is 25.6 Å². The van der Waals surface area contributed by atoms with Crippen molar-refractivity contribution in [3.8, 4) is 0 Å². The molecule has 4 saturated carbocycles. The Bertz CT molecular complexity index is 2400. The zero-order valence-electron chi connectivity index (χ0n) is 41.7. The summed E-state index contributed by atoms with van der Waals surface area (Å²) in [4.78, 5) is 64.9. The van der Waals surface area contributed by atoms with Crippen molar-refractivity contribution in [2.24, 2.45) is 46.3 Å². The van der Waals surface area contributed by atoms with Gasteiger partial charge in [-0.25, -0.2) is 4.63 Å². The molecule has 0 radical (unpaired) electrons. The maximum Gasteiger partial charge on any atom is 0.317 e. The smallest absolute Gasteiger partial charge is 0.317 e. The predicted octanol–water partition coefficient (Wildman–Crippen LogP) is 4.24. The van der Waals surface area contributed by atoms with Crippen LogP contribution in [0.25, 0.3) is 11.0 Å². The van der Waals surface area contributed by atoms with Crippen LogP contribution in [0.3, 0.4) is 0 Å². The van der Waals surface area contributed by atoms with Crippen molar-refractivity contribution >= 4 is 51.9 Å². The van der Waals surface area contributed by atoms with Crippen molar-refractivity contribution in [2.75, 3.05) is 76.1 Å². The number of nitro groups is 1. The van der Waals surface area contributed by atoms with Crippen molar-refractivity contribution in [3.63, 3.8) is 0 Å². The number of fused-ring (bicyclic) bond motifs is 6. The second-order valence-corrected chi connectivity index (χ2v) is 22.1. The summed E-state index contributed by atoms with van der Waals surface area (Å²) in [7, 11) is 0. The zero-order valence-corrected chi connectivity index (χ0v) is 41.7. The minimum atomic E-state index is -1.000. The fourth-order valence-electron chi connectivity index (χ4n) is 14.2. The number of rotatable bonds is 19. The number of carboxylic acids is 3. The van der Waals surface area contributed by atoms with E-state index in [2.05, 4.69) is 51.9 Å². The minimum absolute atomic E-state index is 0.0639. The molecule has 1 amide bonds. The third kappa shape index (κ3) is 11.7. The molecule has 8 rings (SSSR count). The van der Waals surface area contributed by atoms with E-state index >= 15 is 0 Å². The Morgan fingerprint density at radius 2 is 1.49 bits per heavy atom. The van der Waals surface area contributed by atoms with Gasteiger partial charge < -0.3 is 41.5 Å². The van der Waals surface area contributed by atoms with E-state index in [1.807, 2.05) is 24.3 Å². The fraction of sp³-hybridized carbons (Fsp3) is 0.686. The first kappa shape index (κ1) is 53.0. The fourth-order valence-corrected chi connectivity index (χ4v) is 14.2. The number of carbonyl (C=O) groups excluding carboxylic acids is 1. The minimum Gasteiger partial charge on any atom is -0.480 e. The van der Waals surface area contributed by atoms with Crippen LogP contribution in [-0.4, -0.2) is 169 Å². The van der Waals surface area contributed by atoms with Crippen molar-refractivity contribution in [2.45, 2.75) is 109 Å². The van der Waals surface area contributed by atoms with Crippen LogP contribution >= 0.6 is 0 Å². The zero-order chi connectivity index (χ0) is 51.5. The van der Waals surface area contributed by atoms with E-state index < -0.39 is 40.5 Å². The number of aliphatic hydroxyl groups excluding tert-OH is 2. The molecule has 72 heavy (non-hydrogen) atoms. The molecular weight excluding hydrogens is 931 g/mol. The molecular formula is C51H73N9O12. The lowest BCUT2D eigenvalue weighted by Gasteiger charge is -2.63. The highest BCUT2D eigenvalue weighted by Gasteiger charge is 2.65. The number of aliphatic hydroxyl groups is 2. The molecule has 0 spiro atoms. The number of hydrogen-bond donors (Lipinski definition) is 8. The first-order valence-corrected chi connectivity index (χ1v) is 25.8. The van der Waals surface area contributed by atoms with Crippen LogP contribution in [0, 0.1) is 56.5 Å². The number of hydrogen-bond acceptors (Lipinski definition) is 16. The normalized spacial score (nSPS) is 31.2. The number of anilines is 2. The van der Waals surface area contributed by atoms with Crippen LogP contribution in [0.15, 0.2) is 41.0 Å². The number of carbonyl (C=O) groups is 4. The highest BCUT2D eigenvalue weighted by molar-refractivity contribution is 5.93. The molecule has 2 heterocycles. The Kier molecular flexibility index (Phi) is 16.5. The Morgan fingerprint density at radius 1 is 0.833 bits per heavy atom. The van der Waals surface area contributed by atoms with Gasteiger partial charge in [0, 0.05) is 76.1 Å². The van der Waals surface area contributed by atoms with Gasteiger partial charge in [0.25, 0.3) is 0 Å². The first-order valence-electron chi connectivity index (χ1n) is 25.8. The second-order valence-electron chi connectivity index (χ2n) is 22.1. The molecule has 3 aromatic rings. The third-order valence-electron chi connectivity index (χ3n) is 18.0. The number of aromatic nitrogens is 2. The van der Waals surface area contributed by atoms with Gasteiger partial charge in [0.1, 0.15) is 0 Å². The Hall–Kier alpha value is -5.32. The van der Waals surface area contributed by atoms with Crippen LogP contribution in [0.4, 0.5) is 17.1 Å². The number of benzene rings is 2. The van der Waals surface area contributed by atoms with E-state index in [1.165, 1.54) is 6.07 Å². The summed E-state index contributed by atoms with van der Waals surface area (Å²) in [5.74, 6) is -2.08. The molecule has 5 aliphatic rings. The van der Waals surface area contributed by atoms with E-state index in [1.54, 1.807) is 15.9 Å². The maximum atomic E-state index is 13.5. The van der Waals surface area contributed by atoms with Crippen LogP contribution < -0.4 is 16.0 Å². The number of amides is 1. The number of nitrogens with zero attached hydrogens (tertiary/aromatic N) is 6. The Labute approximate surface area is 419 Å². The molecule has 1 unspecified atom stereocenters. The van der Waals surface area contributed by atoms with Gasteiger partial charge in [-0.05, 0) is 138 Å². The molecule has 0 bridgehead atoms. The average Bonchev–Trinajstić information content (AvgIpc) is 3.98. The third-order valence-corrected chi connectivity index (χ3v) is 18.0. The molecule has 1 aromatic heterocycles. The largest absolute Gasteiger partial charge is 0.480 e. The van der Waals surface area contributed by atoms with E-state index in [0.717, 1.165) is 37.7 Å². The van der Waals surface area contributed by atoms with Gasteiger partial charge in [-0.1, -0.05) is 32.9 Å². The lowest BCUT2D eigenvalue weighted by Crippen LogP contribution is -2.62. The van der Waals surface area contributed by atoms with Crippen molar-refractivity contribution in [1.29, 1.82) is 0 Å². The summed E-state index contributed by atoms with van der Waals surface area (Å²) in [6.45, 7) is 9.46. The maximum absolute atomic E-state index is 13.5. The number of carboxylic acid groups (broad SMARTS) is 3. The quantitative estimate of drug-likeness (QED) is 0.0615. The molecule has 12 atom stereocenters. The van der Waals surface area contributed by atoms with E-state index in [-0.39, 0.29) is 89.8 Å². The van der Waals surface area contributed by atoms with Crippen molar-refractivity contribution < 1.29 is 54.3 Å². The van der Waals surface area contributed by atoms with Crippen molar-refractivity contribution in [1.82, 2.24) is 30.3 Å². The van der Waals surface area contributed by atoms with Crippen LogP contribution in [0.2, 0.25) is 0 Å². The molecule has 21 heteroatoms. The Balaban J connectivity index is 0.840. The predicted molar refractivity (Wildman–Crippen MR) is 265 cm³/mol. The lowest BCUT2D eigenvalue weighted by atomic mass is 9.43. The van der Waals surface area contributed by atoms with Gasteiger partial charge in [0.2, 0.25) is 11.4 Å². The number of aliphatic carboxylic acids is 3. The average molecular weight is 1000 g/mol. The highest BCUT2D eigenvalue weighted by atomic mass is 16.6. The first-order chi connectivity index (χ1) is 34.3. The van der Waals surface area contributed by atoms with Gasteiger partial charge in [-0.3, -0.25) is 44.0 Å². The van der Waals surface area contributed by atoms with Gasteiger partial charge in [-0.2, -0.15) is 0 Å². The van der Waals surface area contributed by atoms with Gasteiger partial charge in [0.05, 0.1) is 42.5 Å². The lowest BCUT2D eigenvalue weighted by molar-refractivity contribution is -0.383. The highest BCUT2D eigenvalue weighted by Crippen LogP contribution is 2.68. The summed E-state index contributed by atoms with van der Waals surface area (Å²) >= 11 is 0. The second kappa shape index (κ2) is 22.4. The molecule has 4 aliphatic carbocycles. The summed E-state index contributed by atoms with van der Waals surface area (Å²) in [5.41, 5.74) is 2.00. The van der Waals surface area contributed by atoms with Gasteiger partial charge in [-0.15, -0.1) is 0 Å². The molecule has 2 aromatic carbocycles. The Morgan fingerprint density at radius 3 is 2.12 bits per heavy atom. The molecule has 21 nitrogen and oxygen atoms in total. The van der Waals surface area contributed by atoms with E-state index in [9.17, 15) is 54.8 Å². The van der Waals surface area contributed by atoms with E-state index in [4.69, 9.17) is 4.63 Å². The molecule has 394 valence electrons. The summed E-state index contributed by atoms with van der Waals surface area (Å²) in [5, 5.41) is 81.8. The summed E-state index contributed by atoms with van der Waals surface area (Å²) in [6, 6.07) is 10.3. The molecule has 1 saturated heterocycles.